The van der Waals surface area contributed by atoms with Gasteiger partial charge in [-0.3, -0.25) is 4.79 Å². The number of benzene rings is 1. The molecule has 1 atom stereocenters. The Hall–Kier alpha value is -2.11. The molecule has 0 spiro atoms. The molecule has 1 aromatic carbocycles. The highest BCUT2D eigenvalue weighted by Crippen LogP contribution is 2.16. The Balaban J connectivity index is 1.97. The molecule has 0 saturated carbocycles. The van der Waals surface area contributed by atoms with Crippen molar-refractivity contribution in [1.82, 2.24) is 10.3 Å². The molecule has 0 bridgehead atoms. The van der Waals surface area contributed by atoms with Crippen LogP contribution < -0.4 is 10.2 Å². The van der Waals surface area contributed by atoms with Crippen LogP contribution in [0.2, 0.25) is 5.02 Å². The first kappa shape index (κ1) is 16.3. The maximum absolute atomic E-state index is 12.1. The second-order valence-electron chi connectivity index (χ2n) is 5.07. The highest BCUT2D eigenvalue weighted by atomic mass is 35.5. The van der Waals surface area contributed by atoms with Crippen molar-refractivity contribution in [1.29, 1.82) is 0 Å². The Kier molecular flexibility index (Phi) is 5.35. The van der Waals surface area contributed by atoms with Crippen LogP contribution in [-0.2, 0) is 0 Å². The third-order valence-corrected chi connectivity index (χ3v) is 3.43. The molecule has 1 heterocycles. The quantitative estimate of drug-likeness (QED) is 0.887. The number of aliphatic hydroxyl groups is 1. The first-order chi connectivity index (χ1) is 10.5. The van der Waals surface area contributed by atoms with Crippen molar-refractivity contribution in [2.24, 2.45) is 0 Å². The number of hydrogen-bond acceptors (Lipinski definition) is 4. The van der Waals surface area contributed by atoms with Crippen LogP contribution in [0.1, 0.15) is 22.0 Å². The molecular formula is C16H18ClN3O2. The Labute approximate surface area is 134 Å². The van der Waals surface area contributed by atoms with E-state index in [2.05, 4.69) is 10.3 Å². The molecule has 0 radical (unpaired) electrons. The van der Waals surface area contributed by atoms with E-state index in [1.807, 2.05) is 19.0 Å². The molecule has 2 rings (SSSR count). The lowest BCUT2D eigenvalue weighted by atomic mass is 10.1. The predicted molar refractivity (Wildman–Crippen MR) is 87.3 cm³/mol. The highest BCUT2D eigenvalue weighted by Gasteiger charge is 2.12. The van der Waals surface area contributed by atoms with E-state index in [1.165, 1.54) is 0 Å². The number of carbonyl (C=O) groups excluding carboxylic acids is 1. The maximum Gasteiger partial charge on any atom is 0.251 e. The minimum absolute atomic E-state index is 0.125. The Morgan fingerprint density at radius 3 is 2.64 bits per heavy atom. The lowest BCUT2D eigenvalue weighted by molar-refractivity contribution is 0.0916. The summed E-state index contributed by atoms with van der Waals surface area (Å²) in [6.07, 6.45) is 0.802. The van der Waals surface area contributed by atoms with Crippen molar-refractivity contribution in [3.8, 4) is 0 Å². The van der Waals surface area contributed by atoms with E-state index in [-0.39, 0.29) is 12.5 Å². The third kappa shape index (κ3) is 4.19. The minimum atomic E-state index is -0.781. The number of halogens is 1. The molecule has 0 aliphatic heterocycles. The van der Waals surface area contributed by atoms with Gasteiger partial charge in [0.15, 0.2) is 0 Å². The average molecular weight is 320 g/mol. The van der Waals surface area contributed by atoms with Crippen LogP contribution >= 0.6 is 11.6 Å². The summed E-state index contributed by atoms with van der Waals surface area (Å²) in [5.41, 5.74) is 1.20. The Bertz CT molecular complexity index is 644. The molecule has 2 aromatic rings. The molecule has 116 valence electrons. The SMILES string of the molecule is CN(C)c1cc(C(=O)NCC(O)c2ccc(Cl)cc2)ccn1. The fourth-order valence-corrected chi connectivity index (χ4v) is 2.02. The van der Waals surface area contributed by atoms with E-state index in [9.17, 15) is 9.90 Å². The van der Waals surface area contributed by atoms with Crippen LogP contribution in [-0.4, -0.2) is 36.6 Å². The minimum Gasteiger partial charge on any atom is -0.387 e. The standard InChI is InChI=1S/C16H18ClN3O2/c1-20(2)15-9-12(7-8-18-15)16(22)19-10-14(21)11-3-5-13(17)6-4-11/h3-9,14,21H,10H2,1-2H3,(H,19,22). The van der Waals surface area contributed by atoms with E-state index in [4.69, 9.17) is 11.6 Å². The number of aliphatic hydroxyl groups excluding tert-OH is 1. The second kappa shape index (κ2) is 7.24. The van der Waals surface area contributed by atoms with Gasteiger partial charge in [-0.25, -0.2) is 4.98 Å². The number of nitrogens with one attached hydrogen (secondary N) is 1. The summed E-state index contributed by atoms with van der Waals surface area (Å²) in [6.45, 7) is 0.125. The van der Waals surface area contributed by atoms with Crippen molar-refractivity contribution in [3.05, 3.63) is 58.7 Å². The lowest BCUT2D eigenvalue weighted by Crippen LogP contribution is -2.28. The predicted octanol–water partition coefficient (Wildman–Crippen LogP) is 2.26. The fraction of sp³-hybridized carbons (Fsp3) is 0.250. The van der Waals surface area contributed by atoms with Gasteiger partial charge in [0.2, 0.25) is 0 Å². The topological polar surface area (TPSA) is 65.5 Å². The summed E-state index contributed by atoms with van der Waals surface area (Å²) in [6, 6.07) is 10.2. The van der Waals surface area contributed by atoms with Gasteiger partial charge in [-0.15, -0.1) is 0 Å². The summed E-state index contributed by atoms with van der Waals surface area (Å²) in [4.78, 5) is 18.1. The van der Waals surface area contributed by atoms with Crippen molar-refractivity contribution in [2.75, 3.05) is 25.5 Å². The maximum atomic E-state index is 12.1. The summed E-state index contributed by atoms with van der Waals surface area (Å²) in [7, 11) is 3.71. The summed E-state index contributed by atoms with van der Waals surface area (Å²) >= 11 is 5.80. The highest BCUT2D eigenvalue weighted by molar-refractivity contribution is 6.30. The van der Waals surface area contributed by atoms with Crippen molar-refractivity contribution in [3.63, 3.8) is 0 Å². The van der Waals surface area contributed by atoms with E-state index in [1.54, 1.807) is 42.6 Å². The number of carbonyl (C=O) groups is 1. The molecule has 2 N–H and O–H groups in total. The molecule has 6 heteroatoms. The van der Waals surface area contributed by atoms with Crippen LogP contribution in [0.25, 0.3) is 0 Å². The number of anilines is 1. The second-order valence-corrected chi connectivity index (χ2v) is 5.51. The van der Waals surface area contributed by atoms with Crippen molar-refractivity contribution >= 4 is 23.3 Å². The fourth-order valence-electron chi connectivity index (χ4n) is 1.90. The zero-order chi connectivity index (χ0) is 16.1. The van der Waals surface area contributed by atoms with Gasteiger partial charge in [-0.05, 0) is 29.8 Å². The normalized spacial score (nSPS) is 11.8. The molecule has 22 heavy (non-hydrogen) atoms. The van der Waals surface area contributed by atoms with Gasteiger partial charge in [0, 0.05) is 37.4 Å². The molecular weight excluding hydrogens is 302 g/mol. The monoisotopic (exact) mass is 319 g/mol. The zero-order valence-electron chi connectivity index (χ0n) is 12.5. The van der Waals surface area contributed by atoms with Crippen LogP contribution in [0.5, 0.6) is 0 Å². The molecule has 5 nitrogen and oxygen atoms in total. The number of rotatable bonds is 5. The van der Waals surface area contributed by atoms with Gasteiger partial charge < -0.3 is 15.3 Å². The van der Waals surface area contributed by atoms with Crippen LogP contribution in [0.3, 0.4) is 0 Å². The summed E-state index contributed by atoms with van der Waals surface area (Å²) in [5.74, 6) is 0.449. The Morgan fingerprint density at radius 2 is 2.00 bits per heavy atom. The molecule has 0 saturated heterocycles. The smallest absolute Gasteiger partial charge is 0.251 e. The van der Waals surface area contributed by atoms with E-state index in [0.717, 1.165) is 0 Å². The van der Waals surface area contributed by atoms with Gasteiger partial charge in [0.1, 0.15) is 5.82 Å². The first-order valence-corrected chi connectivity index (χ1v) is 7.20. The van der Waals surface area contributed by atoms with E-state index < -0.39 is 6.10 Å². The first-order valence-electron chi connectivity index (χ1n) is 6.82. The number of hydrogen-bond donors (Lipinski definition) is 2. The van der Waals surface area contributed by atoms with Crippen LogP contribution in [0.4, 0.5) is 5.82 Å². The number of pyridine rings is 1. The van der Waals surface area contributed by atoms with Gasteiger partial charge in [0.25, 0.3) is 5.91 Å². The van der Waals surface area contributed by atoms with Crippen molar-refractivity contribution in [2.45, 2.75) is 6.10 Å². The number of nitrogens with zero attached hydrogens (tertiary/aromatic N) is 2. The number of amides is 1. The largest absolute Gasteiger partial charge is 0.387 e. The van der Waals surface area contributed by atoms with Gasteiger partial charge in [-0.2, -0.15) is 0 Å². The zero-order valence-corrected chi connectivity index (χ0v) is 13.2. The van der Waals surface area contributed by atoms with Crippen LogP contribution in [0.15, 0.2) is 42.6 Å². The van der Waals surface area contributed by atoms with Gasteiger partial charge in [0.05, 0.1) is 6.10 Å². The van der Waals surface area contributed by atoms with E-state index in [0.29, 0.717) is 22.0 Å². The summed E-state index contributed by atoms with van der Waals surface area (Å²) < 4.78 is 0. The average Bonchev–Trinajstić information content (AvgIpc) is 2.53. The lowest BCUT2D eigenvalue weighted by Gasteiger charge is -2.14. The van der Waals surface area contributed by atoms with Gasteiger partial charge in [-0.1, -0.05) is 23.7 Å². The number of aromatic nitrogens is 1. The molecule has 0 fully saturated rings. The molecule has 0 aliphatic rings. The molecule has 1 unspecified atom stereocenters. The molecule has 0 aliphatic carbocycles. The third-order valence-electron chi connectivity index (χ3n) is 3.18. The summed E-state index contributed by atoms with van der Waals surface area (Å²) in [5, 5.41) is 13.4. The molecule has 1 amide bonds. The van der Waals surface area contributed by atoms with E-state index >= 15 is 0 Å². The molecule has 1 aromatic heterocycles. The Morgan fingerprint density at radius 1 is 1.32 bits per heavy atom. The van der Waals surface area contributed by atoms with Crippen molar-refractivity contribution < 1.29 is 9.90 Å². The van der Waals surface area contributed by atoms with Gasteiger partial charge >= 0.3 is 0 Å². The van der Waals surface area contributed by atoms with Crippen LogP contribution in [0, 0.1) is 0 Å².